The third-order valence-corrected chi connectivity index (χ3v) is 3.51. The van der Waals surface area contributed by atoms with Gasteiger partial charge in [-0.25, -0.2) is 8.78 Å². The molecule has 0 N–H and O–H groups in total. The molecule has 1 aromatic rings. The van der Waals surface area contributed by atoms with Gasteiger partial charge < -0.3 is 0 Å². The quantitative estimate of drug-likeness (QED) is 0.711. The minimum Gasteiger partial charge on any atom is -0.282 e. The Balaban J connectivity index is 2.31. The van der Waals surface area contributed by atoms with Gasteiger partial charge >= 0.3 is 0 Å². The highest BCUT2D eigenvalue weighted by Gasteiger charge is 2.27. The van der Waals surface area contributed by atoms with Gasteiger partial charge in [0.05, 0.1) is 0 Å². The molecule has 0 atom stereocenters. The van der Waals surface area contributed by atoms with E-state index in [-0.39, 0.29) is 23.7 Å². The van der Waals surface area contributed by atoms with Crippen LogP contribution in [0.15, 0.2) is 30.3 Å². The van der Waals surface area contributed by atoms with Gasteiger partial charge in [0.25, 0.3) is 0 Å². The summed E-state index contributed by atoms with van der Waals surface area (Å²) in [7, 11) is 0. The average molecular weight is 272 g/mol. The molecule has 0 amide bonds. The number of rotatable bonds is 7. The number of hydrogen-bond donors (Lipinski definition) is 0. The van der Waals surface area contributed by atoms with E-state index in [2.05, 4.69) is 0 Å². The van der Waals surface area contributed by atoms with Crippen LogP contribution in [0.3, 0.4) is 0 Å². The molecule has 0 fully saturated rings. The van der Waals surface area contributed by atoms with Gasteiger partial charge in [-0.05, 0) is 6.42 Å². The molecular weight excluding hydrogens is 254 g/mol. The molecule has 0 aromatic heterocycles. The van der Waals surface area contributed by atoms with Crippen LogP contribution in [0.4, 0.5) is 8.78 Å². The highest BCUT2D eigenvalue weighted by atomic mass is 32.2. The number of carbonyl (C=O) groups excluding carboxylic acids is 1. The Labute approximate surface area is 111 Å². The Hall–Kier alpha value is -0.900. The topological polar surface area (TPSA) is 17.1 Å². The van der Waals surface area contributed by atoms with E-state index in [1.165, 1.54) is 0 Å². The summed E-state index contributed by atoms with van der Waals surface area (Å²) in [6.45, 7) is 1.89. The highest BCUT2D eigenvalue weighted by Crippen LogP contribution is 2.27. The van der Waals surface area contributed by atoms with E-state index in [9.17, 15) is 13.6 Å². The van der Waals surface area contributed by atoms with Crippen molar-refractivity contribution in [1.82, 2.24) is 0 Å². The third-order valence-electron chi connectivity index (χ3n) is 2.61. The first-order chi connectivity index (χ1) is 8.55. The lowest BCUT2D eigenvalue weighted by atomic mass is 10.1. The number of alkyl halides is 2. The molecule has 0 aliphatic heterocycles. The van der Waals surface area contributed by atoms with Crippen molar-refractivity contribution in [2.45, 2.75) is 38.5 Å². The number of benzene rings is 1. The minimum absolute atomic E-state index is 0.0798. The molecule has 1 nitrogen and oxygen atoms in total. The standard InChI is InChI=1S/C14H18F2OS/c1-2-3-9-14(15,16)10-11-18-13(17)12-7-5-4-6-8-12/h4-8H,2-3,9-11H2,1H3. The van der Waals surface area contributed by atoms with E-state index in [0.29, 0.717) is 12.0 Å². The van der Waals surface area contributed by atoms with Crippen LogP contribution in [0.1, 0.15) is 43.0 Å². The molecule has 1 rings (SSSR count). The summed E-state index contributed by atoms with van der Waals surface area (Å²) in [6, 6.07) is 8.75. The van der Waals surface area contributed by atoms with Gasteiger partial charge in [-0.3, -0.25) is 4.79 Å². The van der Waals surface area contributed by atoms with Gasteiger partial charge in [0, 0.05) is 24.2 Å². The van der Waals surface area contributed by atoms with E-state index in [4.69, 9.17) is 0 Å². The lowest BCUT2D eigenvalue weighted by Crippen LogP contribution is -2.17. The van der Waals surface area contributed by atoms with Crippen molar-refractivity contribution >= 4 is 16.9 Å². The fourth-order valence-corrected chi connectivity index (χ4v) is 2.40. The monoisotopic (exact) mass is 272 g/mol. The zero-order valence-corrected chi connectivity index (χ0v) is 11.3. The van der Waals surface area contributed by atoms with Gasteiger partial charge in [-0.2, -0.15) is 0 Å². The first-order valence-corrected chi connectivity index (χ1v) is 7.14. The first kappa shape index (κ1) is 15.2. The van der Waals surface area contributed by atoms with Crippen LogP contribution in [-0.4, -0.2) is 16.8 Å². The normalized spacial score (nSPS) is 11.5. The van der Waals surface area contributed by atoms with Crippen LogP contribution >= 0.6 is 11.8 Å². The second-order valence-corrected chi connectivity index (χ2v) is 5.28. The van der Waals surface area contributed by atoms with Crippen molar-refractivity contribution in [3.63, 3.8) is 0 Å². The predicted octanol–water partition coefficient (Wildman–Crippen LogP) is 4.78. The zero-order chi connectivity index (χ0) is 13.4. The summed E-state index contributed by atoms with van der Waals surface area (Å²) in [5, 5.41) is -0.137. The van der Waals surface area contributed by atoms with E-state index in [0.717, 1.165) is 18.2 Å². The summed E-state index contributed by atoms with van der Waals surface area (Å²) in [5.41, 5.74) is 0.569. The molecular formula is C14H18F2OS. The Morgan fingerprint density at radius 3 is 2.50 bits per heavy atom. The molecule has 0 spiro atoms. The molecule has 4 heteroatoms. The highest BCUT2D eigenvalue weighted by molar-refractivity contribution is 8.14. The Morgan fingerprint density at radius 2 is 1.89 bits per heavy atom. The van der Waals surface area contributed by atoms with Crippen molar-refractivity contribution in [1.29, 1.82) is 0 Å². The molecule has 0 aliphatic carbocycles. The molecule has 0 unspecified atom stereocenters. The maximum atomic E-state index is 13.3. The Bertz CT molecular complexity index is 365. The Kier molecular flexibility index (Phi) is 6.33. The van der Waals surface area contributed by atoms with Crippen molar-refractivity contribution in [2.24, 2.45) is 0 Å². The molecule has 0 bridgehead atoms. The molecule has 0 saturated heterocycles. The van der Waals surface area contributed by atoms with Crippen LogP contribution in [0, 0.1) is 0 Å². The molecule has 0 saturated carbocycles. The van der Waals surface area contributed by atoms with E-state index in [1.807, 2.05) is 13.0 Å². The zero-order valence-electron chi connectivity index (χ0n) is 10.5. The van der Waals surface area contributed by atoms with Crippen LogP contribution in [0.2, 0.25) is 0 Å². The molecule has 100 valence electrons. The SMILES string of the molecule is CCCCC(F)(F)CCSC(=O)c1ccccc1. The van der Waals surface area contributed by atoms with Crippen LogP contribution in [0.25, 0.3) is 0 Å². The first-order valence-electron chi connectivity index (χ1n) is 6.15. The average Bonchev–Trinajstić information content (AvgIpc) is 2.37. The number of unbranched alkanes of at least 4 members (excludes halogenated alkanes) is 1. The maximum Gasteiger partial charge on any atom is 0.249 e. The van der Waals surface area contributed by atoms with Crippen LogP contribution in [0.5, 0.6) is 0 Å². The molecule has 0 aliphatic rings. The second-order valence-electron chi connectivity index (χ2n) is 4.21. The molecule has 1 aromatic carbocycles. The van der Waals surface area contributed by atoms with E-state index in [1.54, 1.807) is 24.3 Å². The number of hydrogen-bond acceptors (Lipinski definition) is 2. The van der Waals surface area contributed by atoms with Gasteiger partial charge in [0.2, 0.25) is 11.0 Å². The summed E-state index contributed by atoms with van der Waals surface area (Å²) < 4.78 is 26.7. The van der Waals surface area contributed by atoms with Crippen LogP contribution < -0.4 is 0 Å². The number of halogens is 2. The number of thioether (sulfide) groups is 1. The smallest absolute Gasteiger partial charge is 0.249 e. The maximum absolute atomic E-state index is 13.3. The third kappa shape index (κ3) is 5.63. The summed E-state index contributed by atoms with van der Waals surface area (Å²) in [4.78, 5) is 11.7. The van der Waals surface area contributed by atoms with Crippen molar-refractivity contribution in [3.8, 4) is 0 Å². The lowest BCUT2D eigenvalue weighted by Gasteiger charge is -2.14. The van der Waals surface area contributed by atoms with Gasteiger partial charge in [0.1, 0.15) is 0 Å². The minimum atomic E-state index is -2.64. The number of carbonyl (C=O) groups is 1. The molecule has 0 heterocycles. The van der Waals surface area contributed by atoms with Crippen molar-refractivity contribution in [2.75, 3.05) is 5.75 Å². The summed E-state index contributed by atoms with van der Waals surface area (Å²) >= 11 is 0.971. The van der Waals surface area contributed by atoms with Gasteiger partial charge in [0.15, 0.2) is 0 Å². The van der Waals surface area contributed by atoms with Crippen LogP contribution in [-0.2, 0) is 0 Å². The van der Waals surface area contributed by atoms with E-state index < -0.39 is 5.92 Å². The van der Waals surface area contributed by atoms with Crippen molar-refractivity contribution < 1.29 is 13.6 Å². The Morgan fingerprint density at radius 1 is 1.22 bits per heavy atom. The summed E-state index contributed by atoms with van der Waals surface area (Å²) in [6.07, 6.45) is 0.996. The van der Waals surface area contributed by atoms with Crippen molar-refractivity contribution in [3.05, 3.63) is 35.9 Å². The molecule has 18 heavy (non-hydrogen) atoms. The predicted molar refractivity (Wildman–Crippen MR) is 72.3 cm³/mol. The van der Waals surface area contributed by atoms with Gasteiger partial charge in [-0.15, -0.1) is 0 Å². The van der Waals surface area contributed by atoms with E-state index >= 15 is 0 Å². The largest absolute Gasteiger partial charge is 0.282 e. The fourth-order valence-electron chi connectivity index (χ4n) is 1.51. The lowest BCUT2D eigenvalue weighted by molar-refractivity contribution is -0.0120. The molecule has 0 radical (unpaired) electrons. The second kappa shape index (κ2) is 7.52. The van der Waals surface area contributed by atoms with Gasteiger partial charge in [-0.1, -0.05) is 55.4 Å². The fraction of sp³-hybridized carbons (Fsp3) is 0.500. The summed E-state index contributed by atoms with van der Waals surface area (Å²) in [5.74, 6) is -2.47.